The molecule has 2 aromatic heterocycles. The molecule has 50 heavy (non-hydrogen) atoms. The Morgan fingerprint density at radius 2 is 1.84 bits per heavy atom. The molecular formula is C32H30ClFN8O8. The number of rotatable bonds is 9. The van der Waals surface area contributed by atoms with E-state index in [1.807, 2.05) is 0 Å². The number of carboxylic acids is 1. The third-order valence-electron chi connectivity index (χ3n) is 7.88. The maximum Gasteiger partial charge on any atom is 0.353 e. The molecule has 0 spiro atoms. The van der Waals surface area contributed by atoms with Crippen LogP contribution < -0.4 is 38.7 Å². The number of esters is 1. The number of aromatic nitrogens is 3. The van der Waals surface area contributed by atoms with Gasteiger partial charge in [0.2, 0.25) is 0 Å². The Morgan fingerprint density at radius 1 is 1.10 bits per heavy atom. The van der Waals surface area contributed by atoms with Crippen LogP contribution in [0.15, 0.2) is 58.4 Å². The van der Waals surface area contributed by atoms with Crippen molar-refractivity contribution in [3.63, 3.8) is 0 Å². The highest BCUT2D eigenvalue weighted by molar-refractivity contribution is 6.00. The van der Waals surface area contributed by atoms with Gasteiger partial charge in [0, 0.05) is 24.7 Å². The number of ether oxygens (including phenoxy) is 1. The SMILES string of the molecule is COC(=O)c1ccc2c(c1)CC[C@@H]2NC(=O)c1cc(C(=O)O)n2cnc(C(N)=O)c2n1.Cl.NCc1ccc(F)c(CNc2c(N)c(=O)c2=O)c1. The third-order valence-corrected chi connectivity index (χ3v) is 7.88. The average molecular weight is 709 g/mol. The summed E-state index contributed by atoms with van der Waals surface area (Å²) in [6, 6.07) is 10.4. The lowest BCUT2D eigenvalue weighted by Gasteiger charge is -2.15. The van der Waals surface area contributed by atoms with Crippen LogP contribution in [0.25, 0.3) is 5.65 Å². The summed E-state index contributed by atoms with van der Waals surface area (Å²) in [7, 11) is 1.30. The molecule has 3 aromatic carbocycles. The number of amides is 2. The molecule has 0 bridgehead atoms. The first-order valence-corrected chi connectivity index (χ1v) is 14.6. The molecule has 5 aromatic rings. The Labute approximate surface area is 287 Å². The second-order valence-corrected chi connectivity index (χ2v) is 10.9. The van der Waals surface area contributed by atoms with E-state index in [2.05, 4.69) is 20.6 Å². The number of halogens is 2. The molecule has 2 heterocycles. The van der Waals surface area contributed by atoms with Crippen LogP contribution in [0.3, 0.4) is 0 Å². The van der Waals surface area contributed by atoms with Crippen molar-refractivity contribution in [2.45, 2.75) is 32.0 Å². The van der Waals surface area contributed by atoms with Gasteiger partial charge in [-0.2, -0.15) is 0 Å². The molecule has 18 heteroatoms. The van der Waals surface area contributed by atoms with Gasteiger partial charge in [-0.3, -0.25) is 23.6 Å². The molecule has 0 unspecified atom stereocenters. The first kappa shape index (κ1) is 36.6. The number of nitrogens with zero attached hydrogens (tertiary/aromatic N) is 3. The van der Waals surface area contributed by atoms with Crippen LogP contribution >= 0.6 is 12.4 Å². The summed E-state index contributed by atoms with van der Waals surface area (Å²) >= 11 is 0. The summed E-state index contributed by atoms with van der Waals surface area (Å²) in [4.78, 5) is 77.7. The highest BCUT2D eigenvalue weighted by atomic mass is 35.5. The minimum Gasteiger partial charge on any atom is -0.477 e. The Hall–Kier alpha value is -6.20. The minimum atomic E-state index is -1.32. The zero-order chi connectivity index (χ0) is 35.6. The summed E-state index contributed by atoms with van der Waals surface area (Å²) in [6.45, 7) is 0.379. The quantitative estimate of drug-likeness (QED) is 0.0930. The normalized spacial score (nSPS) is 13.1. The van der Waals surface area contributed by atoms with Crippen LogP contribution in [0.4, 0.5) is 15.8 Å². The van der Waals surface area contributed by atoms with Gasteiger partial charge in [0.1, 0.15) is 34.9 Å². The molecule has 1 atom stereocenters. The molecule has 0 radical (unpaired) electrons. The molecule has 0 fully saturated rings. The van der Waals surface area contributed by atoms with Crippen LogP contribution in [0.2, 0.25) is 0 Å². The number of methoxy groups -OCH3 is 1. The second kappa shape index (κ2) is 14.9. The Balaban J connectivity index is 0.000000253. The van der Waals surface area contributed by atoms with Crippen LogP contribution in [-0.4, -0.2) is 50.3 Å². The highest BCUT2D eigenvalue weighted by Gasteiger charge is 2.27. The molecular weight excluding hydrogens is 679 g/mol. The van der Waals surface area contributed by atoms with Crippen molar-refractivity contribution in [1.29, 1.82) is 0 Å². The number of aromatic carboxylic acids is 1. The number of nitrogens with two attached hydrogens (primary N) is 3. The van der Waals surface area contributed by atoms with Gasteiger partial charge in [-0.05, 0) is 53.8 Å². The Kier molecular flexibility index (Phi) is 10.9. The zero-order valence-corrected chi connectivity index (χ0v) is 27.0. The number of imidazole rings is 1. The number of carboxylic acid groups (broad SMARTS) is 1. The van der Waals surface area contributed by atoms with Crippen molar-refractivity contribution in [2.24, 2.45) is 11.5 Å². The van der Waals surface area contributed by atoms with Crippen LogP contribution in [0.5, 0.6) is 0 Å². The van der Waals surface area contributed by atoms with Crippen molar-refractivity contribution >= 4 is 53.2 Å². The number of carbonyl (C=O) groups is 4. The van der Waals surface area contributed by atoms with Crippen molar-refractivity contribution in [2.75, 3.05) is 18.2 Å². The fourth-order valence-corrected chi connectivity index (χ4v) is 5.33. The van der Waals surface area contributed by atoms with E-state index in [0.717, 1.165) is 33.5 Å². The van der Waals surface area contributed by atoms with Gasteiger partial charge < -0.3 is 37.7 Å². The third kappa shape index (κ3) is 7.13. The lowest BCUT2D eigenvalue weighted by atomic mass is 10.0. The summed E-state index contributed by atoms with van der Waals surface area (Å²) in [5.41, 5.74) is 17.2. The molecule has 0 saturated carbocycles. The lowest BCUT2D eigenvalue weighted by molar-refractivity contribution is 0.0599. The number of fused-ring (bicyclic) bond motifs is 2. The molecule has 0 saturated heterocycles. The van der Waals surface area contributed by atoms with Crippen molar-refractivity contribution < 1.29 is 33.4 Å². The number of nitrogen functional groups attached to an aromatic ring is 1. The summed E-state index contributed by atoms with van der Waals surface area (Å²) in [6.07, 6.45) is 2.35. The van der Waals surface area contributed by atoms with Crippen molar-refractivity contribution in [3.05, 3.63) is 120 Å². The van der Waals surface area contributed by atoms with Crippen LogP contribution in [0, 0.1) is 5.82 Å². The first-order chi connectivity index (χ1) is 23.3. The molecule has 9 N–H and O–H groups in total. The Morgan fingerprint density at radius 3 is 2.48 bits per heavy atom. The number of carbonyl (C=O) groups excluding carboxylic acids is 3. The predicted octanol–water partition coefficient (Wildman–Crippen LogP) is 1.23. The van der Waals surface area contributed by atoms with Gasteiger partial charge >= 0.3 is 11.9 Å². The van der Waals surface area contributed by atoms with Crippen LogP contribution in [-0.2, 0) is 24.2 Å². The van der Waals surface area contributed by atoms with E-state index < -0.39 is 40.4 Å². The summed E-state index contributed by atoms with van der Waals surface area (Å²) in [5, 5.41) is 15.0. The molecule has 260 valence electrons. The highest BCUT2D eigenvalue weighted by Crippen LogP contribution is 2.32. The molecule has 6 rings (SSSR count). The maximum atomic E-state index is 13.5. The monoisotopic (exact) mass is 708 g/mol. The standard InChI is InChI=1S/C20H17N5O6.C12H12FN3O2.ClH/c1-31-20(30)10-2-4-11-9(6-10)3-5-12(11)24-18(27)13-7-14(19(28)29)25-8-22-15(16(21)26)17(25)23-13;13-8-2-1-6(4-14)3-7(8)5-16-10-9(15)11(17)12(10)18;/h2,4,6-8,12H,3,5H2,1H3,(H2,21,26)(H,24,27)(H,28,29);1-3,16H,4-5,14-15H2;1H/t12-;;/m0../s1. The molecule has 2 amide bonds. The predicted molar refractivity (Wildman–Crippen MR) is 179 cm³/mol. The van der Waals surface area contributed by atoms with E-state index in [-0.39, 0.29) is 59.1 Å². The topological polar surface area (TPSA) is 264 Å². The van der Waals surface area contributed by atoms with Crippen molar-refractivity contribution in [3.8, 4) is 0 Å². The smallest absolute Gasteiger partial charge is 0.353 e. The number of primary amides is 1. The zero-order valence-electron chi connectivity index (χ0n) is 26.2. The molecule has 16 nitrogen and oxygen atoms in total. The Bertz CT molecular complexity index is 2230. The number of aryl methyl sites for hydroxylation is 1. The van der Waals surface area contributed by atoms with Gasteiger partial charge in [-0.25, -0.2) is 23.9 Å². The maximum absolute atomic E-state index is 13.5. The van der Waals surface area contributed by atoms with E-state index >= 15 is 0 Å². The molecule has 0 aliphatic heterocycles. The van der Waals surface area contributed by atoms with Gasteiger partial charge in [0.25, 0.3) is 22.7 Å². The summed E-state index contributed by atoms with van der Waals surface area (Å²) < 4.78 is 19.3. The van der Waals surface area contributed by atoms with E-state index in [0.29, 0.717) is 30.5 Å². The number of benzene rings is 2. The number of hydrogen-bond acceptors (Lipinski definition) is 12. The summed E-state index contributed by atoms with van der Waals surface area (Å²) in [5.74, 6) is -3.68. The largest absolute Gasteiger partial charge is 0.477 e. The first-order valence-electron chi connectivity index (χ1n) is 14.6. The second-order valence-electron chi connectivity index (χ2n) is 10.9. The van der Waals surface area contributed by atoms with E-state index in [1.165, 1.54) is 13.2 Å². The molecule has 1 aliphatic carbocycles. The van der Waals surface area contributed by atoms with Crippen molar-refractivity contribution in [1.82, 2.24) is 19.7 Å². The van der Waals surface area contributed by atoms with E-state index in [9.17, 15) is 38.3 Å². The minimum absolute atomic E-state index is 0. The van der Waals surface area contributed by atoms with E-state index in [4.69, 9.17) is 21.9 Å². The number of anilines is 2. The number of nitrogens with one attached hydrogen (secondary N) is 2. The van der Waals surface area contributed by atoms with Gasteiger partial charge in [-0.1, -0.05) is 12.1 Å². The van der Waals surface area contributed by atoms with Crippen LogP contribution in [0.1, 0.15) is 76.5 Å². The molecule has 1 aliphatic rings. The fourth-order valence-electron chi connectivity index (χ4n) is 5.33. The van der Waals surface area contributed by atoms with Gasteiger partial charge in [-0.15, -0.1) is 12.4 Å². The lowest BCUT2D eigenvalue weighted by Crippen LogP contribution is -2.37. The van der Waals surface area contributed by atoms with Gasteiger partial charge in [0.05, 0.1) is 18.7 Å². The number of hydrogen-bond donors (Lipinski definition) is 6. The fraction of sp³-hybridized carbons (Fsp3) is 0.188. The average Bonchev–Trinajstić information content (AvgIpc) is 3.72. The van der Waals surface area contributed by atoms with E-state index in [1.54, 1.807) is 30.3 Å². The van der Waals surface area contributed by atoms with Gasteiger partial charge in [0.15, 0.2) is 11.3 Å².